The van der Waals surface area contributed by atoms with Gasteiger partial charge in [-0.05, 0) is 30.9 Å². The molecule has 0 saturated heterocycles. The van der Waals surface area contributed by atoms with Crippen molar-refractivity contribution >= 4 is 5.91 Å². The molecule has 1 aliphatic rings. The molecule has 0 bridgehead atoms. The second-order valence-electron chi connectivity index (χ2n) is 5.22. The third-order valence-electron chi connectivity index (χ3n) is 3.74. The van der Waals surface area contributed by atoms with Crippen LogP contribution in [0.15, 0.2) is 18.3 Å². The van der Waals surface area contributed by atoms with Gasteiger partial charge in [-0.3, -0.25) is 9.78 Å². The van der Waals surface area contributed by atoms with Gasteiger partial charge >= 0.3 is 6.18 Å². The van der Waals surface area contributed by atoms with Gasteiger partial charge in [0.15, 0.2) is 5.69 Å². The van der Waals surface area contributed by atoms with Gasteiger partial charge in [0.25, 0.3) is 5.91 Å². The van der Waals surface area contributed by atoms with Crippen molar-refractivity contribution in [3.63, 3.8) is 0 Å². The largest absolute Gasteiger partial charge is 0.434 e. The number of aliphatic hydroxyl groups excluding tert-OH is 1. The molecule has 1 aromatic rings. The van der Waals surface area contributed by atoms with E-state index in [1.165, 1.54) is 6.07 Å². The molecule has 1 fully saturated rings. The van der Waals surface area contributed by atoms with Crippen LogP contribution in [0.5, 0.6) is 0 Å². The highest BCUT2D eigenvalue weighted by atomic mass is 19.4. The molecule has 116 valence electrons. The first kappa shape index (κ1) is 15.8. The molecule has 4 nitrogen and oxygen atoms in total. The first-order chi connectivity index (χ1) is 9.89. The number of hydrogen-bond donors (Lipinski definition) is 2. The molecular weight excluding hydrogens is 285 g/mol. The molecule has 1 heterocycles. The lowest BCUT2D eigenvalue weighted by molar-refractivity contribution is -0.141. The number of carbonyl (C=O) groups excluding carboxylic acids is 1. The fourth-order valence-corrected chi connectivity index (χ4v) is 2.62. The fourth-order valence-electron chi connectivity index (χ4n) is 2.62. The van der Waals surface area contributed by atoms with Crippen LogP contribution in [0.4, 0.5) is 13.2 Å². The third kappa shape index (κ3) is 3.93. The Morgan fingerprint density at radius 1 is 1.43 bits per heavy atom. The van der Waals surface area contributed by atoms with Gasteiger partial charge in [-0.15, -0.1) is 0 Å². The minimum atomic E-state index is -4.68. The molecule has 0 aliphatic heterocycles. The zero-order valence-electron chi connectivity index (χ0n) is 11.4. The molecule has 0 aromatic carbocycles. The van der Waals surface area contributed by atoms with Crippen molar-refractivity contribution in [2.75, 3.05) is 6.54 Å². The van der Waals surface area contributed by atoms with Crippen molar-refractivity contribution in [1.29, 1.82) is 0 Å². The number of nitrogens with zero attached hydrogens (tertiary/aromatic N) is 1. The van der Waals surface area contributed by atoms with Gasteiger partial charge in [-0.2, -0.15) is 13.2 Å². The lowest BCUT2D eigenvalue weighted by Crippen LogP contribution is -2.36. The van der Waals surface area contributed by atoms with Gasteiger partial charge in [0.2, 0.25) is 0 Å². The number of pyridine rings is 1. The first-order valence-corrected chi connectivity index (χ1v) is 6.88. The number of hydrogen-bond acceptors (Lipinski definition) is 3. The SMILES string of the molecule is O=C(NCC(O)C1CCCC1)c1cccnc1C(F)(F)F. The highest BCUT2D eigenvalue weighted by Crippen LogP contribution is 2.30. The third-order valence-corrected chi connectivity index (χ3v) is 3.74. The van der Waals surface area contributed by atoms with Crippen molar-refractivity contribution in [2.45, 2.75) is 38.0 Å². The van der Waals surface area contributed by atoms with E-state index in [0.29, 0.717) is 0 Å². The van der Waals surface area contributed by atoms with E-state index in [4.69, 9.17) is 0 Å². The van der Waals surface area contributed by atoms with E-state index < -0.39 is 29.4 Å². The maximum Gasteiger partial charge on any atom is 0.434 e. The normalized spacial score (nSPS) is 17.7. The van der Waals surface area contributed by atoms with E-state index in [1.54, 1.807) is 0 Å². The molecule has 7 heteroatoms. The first-order valence-electron chi connectivity index (χ1n) is 6.88. The minimum absolute atomic E-state index is 0.0459. The highest BCUT2D eigenvalue weighted by molar-refractivity contribution is 5.95. The molecule has 2 N–H and O–H groups in total. The number of nitrogens with one attached hydrogen (secondary N) is 1. The van der Waals surface area contributed by atoms with Gasteiger partial charge in [-0.1, -0.05) is 12.8 Å². The van der Waals surface area contributed by atoms with E-state index in [-0.39, 0.29) is 12.5 Å². The van der Waals surface area contributed by atoms with E-state index in [0.717, 1.165) is 37.9 Å². The average Bonchev–Trinajstić information content (AvgIpc) is 2.97. The highest BCUT2D eigenvalue weighted by Gasteiger charge is 2.37. The Balaban J connectivity index is 2.00. The molecule has 2 rings (SSSR count). The minimum Gasteiger partial charge on any atom is -0.391 e. The molecule has 21 heavy (non-hydrogen) atoms. The standard InChI is InChI=1S/C14H17F3N2O2/c15-14(16,17)12-10(6-3-7-18-12)13(21)19-8-11(20)9-4-1-2-5-9/h3,6-7,9,11,20H,1-2,4-5,8H2,(H,19,21). The number of amides is 1. The Hall–Kier alpha value is -1.63. The summed E-state index contributed by atoms with van der Waals surface area (Å²) in [5, 5.41) is 12.3. The monoisotopic (exact) mass is 302 g/mol. The second kappa shape index (κ2) is 6.43. The summed E-state index contributed by atoms with van der Waals surface area (Å²) in [5.74, 6) is -0.756. The lowest BCUT2D eigenvalue weighted by atomic mass is 10.0. The van der Waals surface area contributed by atoms with Crippen LogP contribution < -0.4 is 5.32 Å². The maximum atomic E-state index is 12.8. The zero-order chi connectivity index (χ0) is 15.5. The maximum absolute atomic E-state index is 12.8. The van der Waals surface area contributed by atoms with Gasteiger partial charge in [0.05, 0.1) is 11.7 Å². The number of halogens is 3. The Kier molecular flexibility index (Phi) is 4.82. The summed E-state index contributed by atoms with van der Waals surface area (Å²) in [6.45, 7) is -0.0459. The number of rotatable bonds is 4. The summed E-state index contributed by atoms with van der Waals surface area (Å²) in [5.41, 5.74) is -1.73. The second-order valence-corrected chi connectivity index (χ2v) is 5.22. The summed E-state index contributed by atoms with van der Waals surface area (Å²) in [6, 6.07) is 2.35. The molecule has 1 atom stereocenters. The predicted octanol–water partition coefficient (Wildman–Crippen LogP) is 2.38. The van der Waals surface area contributed by atoms with Crippen LogP contribution in [-0.2, 0) is 6.18 Å². The molecule has 1 unspecified atom stereocenters. The quantitative estimate of drug-likeness (QED) is 0.897. The van der Waals surface area contributed by atoms with Crippen LogP contribution in [0.25, 0.3) is 0 Å². The van der Waals surface area contributed by atoms with Gasteiger partial charge in [0, 0.05) is 12.7 Å². The molecule has 1 saturated carbocycles. The van der Waals surface area contributed by atoms with Crippen LogP contribution in [0.1, 0.15) is 41.7 Å². The van der Waals surface area contributed by atoms with Gasteiger partial charge < -0.3 is 10.4 Å². The molecule has 1 amide bonds. The van der Waals surface area contributed by atoms with Crippen molar-refractivity contribution < 1.29 is 23.1 Å². The smallest absolute Gasteiger partial charge is 0.391 e. The summed E-state index contributed by atoms with van der Waals surface area (Å²) < 4.78 is 38.3. The van der Waals surface area contributed by atoms with Crippen molar-refractivity contribution in [3.8, 4) is 0 Å². The number of carbonyl (C=O) groups is 1. The van der Waals surface area contributed by atoms with Gasteiger partial charge in [-0.25, -0.2) is 0 Å². The molecule has 0 spiro atoms. The predicted molar refractivity (Wildman–Crippen MR) is 69.5 cm³/mol. The lowest BCUT2D eigenvalue weighted by Gasteiger charge is -2.18. The number of aromatic nitrogens is 1. The summed E-state index contributed by atoms with van der Waals surface area (Å²) >= 11 is 0. The van der Waals surface area contributed by atoms with E-state index in [9.17, 15) is 23.1 Å². The van der Waals surface area contributed by atoms with Crippen LogP contribution in [0.3, 0.4) is 0 Å². The topological polar surface area (TPSA) is 62.2 Å². The Bertz CT molecular complexity index is 499. The Morgan fingerprint density at radius 2 is 2.10 bits per heavy atom. The van der Waals surface area contributed by atoms with Gasteiger partial charge in [0.1, 0.15) is 0 Å². The van der Waals surface area contributed by atoms with Crippen molar-refractivity contribution in [1.82, 2.24) is 10.3 Å². The zero-order valence-corrected chi connectivity index (χ0v) is 11.4. The van der Waals surface area contributed by atoms with Crippen molar-refractivity contribution in [3.05, 3.63) is 29.6 Å². The van der Waals surface area contributed by atoms with Crippen LogP contribution >= 0.6 is 0 Å². The number of aliphatic hydroxyl groups is 1. The average molecular weight is 302 g/mol. The fraction of sp³-hybridized carbons (Fsp3) is 0.571. The van der Waals surface area contributed by atoms with E-state index >= 15 is 0 Å². The molecular formula is C14H17F3N2O2. The molecule has 1 aliphatic carbocycles. The summed E-state index contributed by atoms with van der Waals surface area (Å²) in [4.78, 5) is 15.1. The van der Waals surface area contributed by atoms with Crippen LogP contribution in [0, 0.1) is 5.92 Å². The van der Waals surface area contributed by atoms with E-state index in [1.807, 2.05) is 0 Å². The van der Waals surface area contributed by atoms with E-state index in [2.05, 4.69) is 10.3 Å². The Morgan fingerprint density at radius 3 is 2.71 bits per heavy atom. The molecule has 1 aromatic heterocycles. The Labute approximate surface area is 120 Å². The molecule has 0 radical (unpaired) electrons. The van der Waals surface area contributed by atoms with Crippen molar-refractivity contribution in [2.24, 2.45) is 5.92 Å². The van der Waals surface area contributed by atoms with Crippen LogP contribution in [0.2, 0.25) is 0 Å². The summed E-state index contributed by atoms with van der Waals surface area (Å²) in [7, 11) is 0. The number of alkyl halides is 3. The van der Waals surface area contributed by atoms with Crippen LogP contribution in [-0.4, -0.2) is 28.6 Å². The summed E-state index contributed by atoms with van der Waals surface area (Å²) in [6.07, 6.45) is -0.560.